The predicted octanol–water partition coefficient (Wildman–Crippen LogP) is 2.63. The van der Waals surface area contributed by atoms with Crippen LogP contribution < -0.4 is 0 Å². The Morgan fingerprint density at radius 1 is 1.14 bits per heavy atom. The third kappa shape index (κ3) is 2.56. The van der Waals surface area contributed by atoms with E-state index in [9.17, 15) is 5.11 Å². The zero-order valence-electron chi connectivity index (χ0n) is 12.6. The van der Waals surface area contributed by atoms with Crippen molar-refractivity contribution in [2.45, 2.75) is 32.4 Å². The number of aromatic nitrogens is 4. The van der Waals surface area contributed by atoms with E-state index in [2.05, 4.69) is 24.0 Å². The highest BCUT2D eigenvalue weighted by molar-refractivity contribution is 5.82. The summed E-state index contributed by atoms with van der Waals surface area (Å²) in [7, 11) is 1.89. The van der Waals surface area contributed by atoms with Crippen molar-refractivity contribution in [3.05, 3.63) is 47.9 Å². The summed E-state index contributed by atoms with van der Waals surface area (Å²) in [5.74, 6) is 0. The minimum Gasteiger partial charge on any atom is -0.386 e. The molecule has 1 N–H and O–H groups in total. The molecule has 2 aromatic heterocycles. The fraction of sp³-hybridized carbons (Fsp3) is 0.375. The lowest BCUT2D eigenvalue weighted by atomic mass is 10.1. The summed E-state index contributed by atoms with van der Waals surface area (Å²) in [6.45, 7) is 4.17. The van der Waals surface area contributed by atoms with Crippen molar-refractivity contribution >= 4 is 10.9 Å². The van der Waals surface area contributed by atoms with Crippen LogP contribution in [0.2, 0.25) is 0 Å². The van der Waals surface area contributed by atoms with E-state index in [-0.39, 0.29) is 0 Å². The molecular weight excluding hydrogens is 264 g/mol. The molecule has 0 aliphatic heterocycles. The molecule has 110 valence electrons. The van der Waals surface area contributed by atoms with Gasteiger partial charge in [-0.25, -0.2) is 0 Å². The standard InChI is InChI=1S/C16H20N4O/c1-11(2)20-9-8-12(17-20)10-15(21)16-13-6-4-5-7-14(13)19(3)18-16/h4-9,11,15,21H,10H2,1-3H3. The topological polar surface area (TPSA) is 55.9 Å². The van der Waals surface area contributed by atoms with E-state index in [0.717, 1.165) is 16.6 Å². The van der Waals surface area contributed by atoms with Crippen molar-refractivity contribution < 1.29 is 5.11 Å². The third-order valence-electron chi connectivity index (χ3n) is 3.70. The molecule has 3 aromatic rings. The highest BCUT2D eigenvalue weighted by Crippen LogP contribution is 2.25. The van der Waals surface area contributed by atoms with Crippen LogP contribution in [0.5, 0.6) is 0 Å². The number of hydrogen-bond donors (Lipinski definition) is 1. The molecule has 0 fully saturated rings. The van der Waals surface area contributed by atoms with E-state index < -0.39 is 6.10 Å². The number of para-hydroxylation sites is 1. The largest absolute Gasteiger partial charge is 0.386 e. The SMILES string of the molecule is CC(C)n1ccc(CC(O)c2nn(C)c3ccccc23)n1. The molecule has 0 radical (unpaired) electrons. The fourth-order valence-corrected chi connectivity index (χ4v) is 2.56. The van der Waals surface area contributed by atoms with Gasteiger partial charge in [-0.05, 0) is 26.0 Å². The Labute approximate surface area is 123 Å². The van der Waals surface area contributed by atoms with Gasteiger partial charge < -0.3 is 5.11 Å². The Bertz CT molecular complexity index is 757. The van der Waals surface area contributed by atoms with Crippen molar-refractivity contribution in [3.8, 4) is 0 Å². The van der Waals surface area contributed by atoms with E-state index in [1.165, 1.54) is 0 Å². The lowest BCUT2D eigenvalue weighted by Crippen LogP contribution is -2.06. The average Bonchev–Trinajstić information content (AvgIpc) is 3.05. The molecular formula is C16H20N4O. The minimum absolute atomic E-state index is 0.326. The summed E-state index contributed by atoms with van der Waals surface area (Å²) < 4.78 is 3.71. The van der Waals surface area contributed by atoms with Crippen LogP contribution in [0.4, 0.5) is 0 Å². The Balaban J connectivity index is 1.88. The Morgan fingerprint density at radius 3 is 2.62 bits per heavy atom. The lowest BCUT2D eigenvalue weighted by molar-refractivity contribution is 0.172. The average molecular weight is 284 g/mol. The summed E-state index contributed by atoms with van der Waals surface area (Å²) >= 11 is 0. The van der Waals surface area contributed by atoms with E-state index >= 15 is 0 Å². The number of aryl methyl sites for hydroxylation is 1. The molecule has 0 spiro atoms. The Kier molecular flexibility index (Phi) is 3.51. The van der Waals surface area contributed by atoms with Crippen LogP contribution in [0.15, 0.2) is 36.5 Å². The van der Waals surface area contributed by atoms with Crippen molar-refractivity contribution in [2.24, 2.45) is 7.05 Å². The number of fused-ring (bicyclic) bond motifs is 1. The number of hydrogen-bond acceptors (Lipinski definition) is 3. The monoisotopic (exact) mass is 284 g/mol. The first-order chi connectivity index (χ1) is 10.1. The second kappa shape index (κ2) is 5.33. The first-order valence-electron chi connectivity index (χ1n) is 7.20. The van der Waals surface area contributed by atoms with E-state index in [1.54, 1.807) is 4.68 Å². The van der Waals surface area contributed by atoms with Crippen LogP contribution in [0.1, 0.15) is 37.4 Å². The van der Waals surface area contributed by atoms with Gasteiger partial charge in [0.25, 0.3) is 0 Å². The van der Waals surface area contributed by atoms with Crippen LogP contribution in [0.3, 0.4) is 0 Å². The molecule has 0 amide bonds. The van der Waals surface area contributed by atoms with Gasteiger partial charge in [0.15, 0.2) is 0 Å². The summed E-state index contributed by atoms with van der Waals surface area (Å²) in [6, 6.07) is 10.2. The van der Waals surface area contributed by atoms with Crippen LogP contribution in [-0.4, -0.2) is 24.7 Å². The van der Waals surface area contributed by atoms with Gasteiger partial charge in [0.05, 0.1) is 16.9 Å². The van der Waals surface area contributed by atoms with Crippen molar-refractivity contribution in [1.82, 2.24) is 19.6 Å². The fourth-order valence-electron chi connectivity index (χ4n) is 2.56. The summed E-state index contributed by atoms with van der Waals surface area (Å²) in [5.41, 5.74) is 2.62. The summed E-state index contributed by atoms with van der Waals surface area (Å²) in [5, 5.41) is 20.4. The van der Waals surface area contributed by atoms with E-state index in [4.69, 9.17) is 0 Å². The third-order valence-corrected chi connectivity index (χ3v) is 3.70. The first-order valence-corrected chi connectivity index (χ1v) is 7.20. The molecule has 0 aliphatic rings. The maximum absolute atomic E-state index is 10.5. The van der Waals surface area contributed by atoms with Crippen molar-refractivity contribution in [3.63, 3.8) is 0 Å². The van der Waals surface area contributed by atoms with Crippen molar-refractivity contribution in [1.29, 1.82) is 0 Å². The van der Waals surface area contributed by atoms with Gasteiger partial charge in [0.1, 0.15) is 6.10 Å². The highest BCUT2D eigenvalue weighted by atomic mass is 16.3. The van der Waals surface area contributed by atoms with E-state index in [0.29, 0.717) is 18.2 Å². The van der Waals surface area contributed by atoms with Crippen molar-refractivity contribution in [2.75, 3.05) is 0 Å². The quantitative estimate of drug-likeness (QED) is 0.801. The second-order valence-corrected chi connectivity index (χ2v) is 5.63. The van der Waals surface area contributed by atoms with Gasteiger partial charge in [-0.1, -0.05) is 18.2 Å². The molecule has 1 unspecified atom stereocenters. The Morgan fingerprint density at radius 2 is 1.90 bits per heavy atom. The predicted molar refractivity (Wildman–Crippen MR) is 82.0 cm³/mol. The molecule has 5 heteroatoms. The summed E-state index contributed by atoms with van der Waals surface area (Å²) in [4.78, 5) is 0. The number of nitrogens with zero attached hydrogens (tertiary/aromatic N) is 4. The number of aliphatic hydroxyl groups is 1. The van der Waals surface area contributed by atoms with Crippen LogP contribution in [0.25, 0.3) is 10.9 Å². The number of rotatable bonds is 4. The zero-order valence-corrected chi connectivity index (χ0v) is 12.6. The van der Waals surface area contributed by atoms with Gasteiger partial charge in [0, 0.05) is 31.1 Å². The lowest BCUT2D eigenvalue weighted by Gasteiger charge is -2.07. The maximum atomic E-state index is 10.5. The van der Waals surface area contributed by atoms with Crippen LogP contribution in [-0.2, 0) is 13.5 Å². The molecule has 3 rings (SSSR count). The van der Waals surface area contributed by atoms with Gasteiger partial charge in [0.2, 0.25) is 0 Å². The zero-order chi connectivity index (χ0) is 15.0. The molecule has 0 saturated heterocycles. The molecule has 5 nitrogen and oxygen atoms in total. The van der Waals surface area contributed by atoms with Gasteiger partial charge in [-0.2, -0.15) is 10.2 Å². The molecule has 1 atom stereocenters. The van der Waals surface area contributed by atoms with E-state index in [1.807, 2.05) is 48.3 Å². The molecule has 1 aromatic carbocycles. The number of aliphatic hydroxyl groups excluding tert-OH is 1. The molecule has 21 heavy (non-hydrogen) atoms. The normalized spacial score (nSPS) is 13.2. The molecule has 2 heterocycles. The minimum atomic E-state index is -0.647. The highest BCUT2D eigenvalue weighted by Gasteiger charge is 2.18. The maximum Gasteiger partial charge on any atom is 0.104 e. The van der Waals surface area contributed by atoms with Gasteiger partial charge in [-0.15, -0.1) is 0 Å². The number of benzene rings is 1. The molecule has 0 aliphatic carbocycles. The van der Waals surface area contributed by atoms with Gasteiger partial charge in [-0.3, -0.25) is 9.36 Å². The second-order valence-electron chi connectivity index (χ2n) is 5.63. The molecule has 0 bridgehead atoms. The van der Waals surface area contributed by atoms with Crippen LogP contribution in [0, 0.1) is 0 Å². The Hall–Kier alpha value is -2.14. The van der Waals surface area contributed by atoms with Gasteiger partial charge >= 0.3 is 0 Å². The molecule has 0 saturated carbocycles. The smallest absolute Gasteiger partial charge is 0.104 e. The van der Waals surface area contributed by atoms with Crippen LogP contribution >= 0.6 is 0 Å². The summed E-state index contributed by atoms with van der Waals surface area (Å²) in [6.07, 6.45) is 1.77. The first kappa shape index (κ1) is 13.8.